The van der Waals surface area contributed by atoms with Crippen LogP contribution in [-0.4, -0.2) is 12.1 Å². The molecule has 0 saturated heterocycles. The van der Waals surface area contributed by atoms with E-state index in [1.807, 2.05) is 18.2 Å². The van der Waals surface area contributed by atoms with Gasteiger partial charge < -0.3 is 4.74 Å². The smallest absolute Gasteiger partial charge is 0.121 e. The van der Waals surface area contributed by atoms with Gasteiger partial charge in [-0.2, -0.15) is 5.26 Å². The predicted octanol–water partition coefficient (Wildman–Crippen LogP) is 3.41. The molecule has 0 radical (unpaired) electrons. The first kappa shape index (κ1) is 12.4. The van der Waals surface area contributed by atoms with Gasteiger partial charge in [0.1, 0.15) is 11.8 Å². The van der Waals surface area contributed by atoms with E-state index in [0.29, 0.717) is 5.56 Å². The van der Waals surface area contributed by atoms with Crippen molar-refractivity contribution in [3.05, 3.63) is 35.5 Å². The number of aromatic nitrogens is 1. The summed E-state index contributed by atoms with van der Waals surface area (Å²) >= 11 is 0. The summed E-state index contributed by atoms with van der Waals surface area (Å²) < 4.78 is 5.20. The Hall–Kier alpha value is -2.08. The van der Waals surface area contributed by atoms with Crippen molar-refractivity contribution < 1.29 is 4.74 Å². The number of benzene rings is 1. The SMILES string of the molecule is COc1ccc2c(C(C)(C)C)c(C#N)cnc2c1. The number of rotatable bonds is 1. The highest BCUT2D eigenvalue weighted by molar-refractivity contribution is 5.86. The number of hydrogen-bond donors (Lipinski definition) is 0. The zero-order valence-electron chi connectivity index (χ0n) is 11.1. The third-order valence-electron chi connectivity index (χ3n) is 2.95. The molecule has 0 N–H and O–H groups in total. The minimum atomic E-state index is -0.0964. The van der Waals surface area contributed by atoms with E-state index in [-0.39, 0.29) is 5.41 Å². The van der Waals surface area contributed by atoms with Crippen LogP contribution in [0.3, 0.4) is 0 Å². The minimum absolute atomic E-state index is 0.0964. The lowest BCUT2D eigenvalue weighted by Gasteiger charge is -2.22. The van der Waals surface area contributed by atoms with Crippen LogP contribution in [-0.2, 0) is 5.41 Å². The van der Waals surface area contributed by atoms with E-state index in [1.165, 1.54) is 0 Å². The van der Waals surface area contributed by atoms with Crippen molar-refractivity contribution in [1.82, 2.24) is 4.98 Å². The van der Waals surface area contributed by atoms with Crippen LogP contribution in [0, 0.1) is 11.3 Å². The van der Waals surface area contributed by atoms with Crippen molar-refractivity contribution >= 4 is 10.9 Å². The topological polar surface area (TPSA) is 45.9 Å². The molecule has 0 bridgehead atoms. The van der Waals surface area contributed by atoms with E-state index in [4.69, 9.17) is 4.74 Å². The van der Waals surface area contributed by atoms with Gasteiger partial charge in [-0.15, -0.1) is 0 Å². The number of methoxy groups -OCH3 is 1. The van der Waals surface area contributed by atoms with Crippen molar-refractivity contribution in [2.45, 2.75) is 26.2 Å². The van der Waals surface area contributed by atoms with Gasteiger partial charge in [-0.1, -0.05) is 20.8 Å². The van der Waals surface area contributed by atoms with Gasteiger partial charge in [0.25, 0.3) is 0 Å². The van der Waals surface area contributed by atoms with E-state index >= 15 is 0 Å². The molecular weight excluding hydrogens is 224 g/mol. The van der Waals surface area contributed by atoms with Gasteiger partial charge in [-0.3, -0.25) is 4.98 Å². The maximum Gasteiger partial charge on any atom is 0.121 e. The van der Waals surface area contributed by atoms with Crippen LogP contribution in [0.1, 0.15) is 31.9 Å². The third kappa shape index (κ3) is 2.02. The Morgan fingerprint density at radius 3 is 2.56 bits per heavy atom. The Labute approximate surface area is 107 Å². The normalized spacial score (nSPS) is 11.3. The summed E-state index contributed by atoms with van der Waals surface area (Å²) in [7, 11) is 1.63. The zero-order valence-corrected chi connectivity index (χ0v) is 11.1. The minimum Gasteiger partial charge on any atom is -0.497 e. The first-order valence-electron chi connectivity index (χ1n) is 5.84. The Balaban J connectivity index is 2.83. The summed E-state index contributed by atoms with van der Waals surface area (Å²) in [6.07, 6.45) is 1.64. The van der Waals surface area contributed by atoms with Crippen LogP contribution < -0.4 is 4.74 Å². The Kier molecular flexibility index (Phi) is 2.96. The monoisotopic (exact) mass is 240 g/mol. The van der Waals surface area contributed by atoms with E-state index < -0.39 is 0 Å². The van der Waals surface area contributed by atoms with Gasteiger partial charge in [-0.25, -0.2) is 0 Å². The number of nitrogens with zero attached hydrogens (tertiary/aromatic N) is 2. The van der Waals surface area contributed by atoms with Crippen LogP contribution in [0.5, 0.6) is 5.75 Å². The average Bonchev–Trinajstić information content (AvgIpc) is 2.35. The maximum absolute atomic E-state index is 9.23. The molecule has 92 valence electrons. The third-order valence-corrected chi connectivity index (χ3v) is 2.95. The van der Waals surface area contributed by atoms with Crippen molar-refractivity contribution in [2.24, 2.45) is 0 Å². The number of hydrogen-bond acceptors (Lipinski definition) is 3. The highest BCUT2D eigenvalue weighted by Gasteiger charge is 2.21. The second-order valence-electron chi connectivity index (χ2n) is 5.29. The van der Waals surface area contributed by atoms with Crippen LogP contribution in [0.2, 0.25) is 0 Å². The second kappa shape index (κ2) is 4.30. The molecule has 0 spiro atoms. The first-order chi connectivity index (χ1) is 8.47. The molecule has 0 aliphatic carbocycles. The lowest BCUT2D eigenvalue weighted by Crippen LogP contribution is -2.14. The van der Waals surface area contributed by atoms with Crippen LogP contribution in [0.25, 0.3) is 10.9 Å². The summed E-state index contributed by atoms with van der Waals surface area (Å²) in [5.41, 5.74) is 2.44. The lowest BCUT2D eigenvalue weighted by atomic mass is 9.82. The first-order valence-corrected chi connectivity index (χ1v) is 5.84. The van der Waals surface area contributed by atoms with Crippen LogP contribution in [0.15, 0.2) is 24.4 Å². The zero-order chi connectivity index (χ0) is 13.3. The molecule has 0 unspecified atom stereocenters. The van der Waals surface area contributed by atoms with Gasteiger partial charge >= 0.3 is 0 Å². The Morgan fingerprint density at radius 2 is 2.00 bits per heavy atom. The number of ether oxygens (including phenoxy) is 1. The highest BCUT2D eigenvalue weighted by atomic mass is 16.5. The van der Waals surface area contributed by atoms with Crippen LogP contribution >= 0.6 is 0 Å². The fourth-order valence-corrected chi connectivity index (χ4v) is 2.19. The summed E-state index contributed by atoms with van der Waals surface area (Å²) in [4.78, 5) is 4.33. The number of nitriles is 1. The molecule has 0 amide bonds. The van der Waals surface area contributed by atoms with Gasteiger partial charge in [0.05, 0.1) is 18.2 Å². The van der Waals surface area contributed by atoms with Crippen molar-refractivity contribution in [3.8, 4) is 11.8 Å². The molecule has 1 aromatic carbocycles. The number of fused-ring (bicyclic) bond motifs is 1. The standard InChI is InChI=1S/C15H16N2O/c1-15(2,3)14-10(8-16)9-17-13-7-11(18-4)5-6-12(13)14/h5-7,9H,1-4H3. The molecule has 0 atom stereocenters. The van der Waals surface area contributed by atoms with Crippen molar-refractivity contribution in [1.29, 1.82) is 5.26 Å². The second-order valence-corrected chi connectivity index (χ2v) is 5.29. The fraction of sp³-hybridized carbons (Fsp3) is 0.333. The van der Waals surface area contributed by atoms with Gasteiger partial charge in [0.15, 0.2) is 0 Å². The quantitative estimate of drug-likeness (QED) is 0.767. The van der Waals surface area contributed by atoms with Gasteiger partial charge in [0, 0.05) is 17.6 Å². The predicted molar refractivity (Wildman–Crippen MR) is 71.7 cm³/mol. The molecule has 1 heterocycles. The molecular formula is C15H16N2O. The van der Waals surface area contributed by atoms with E-state index in [9.17, 15) is 5.26 Å². The molecule has 0 saturated carbocycles. The van der Waals surface area contributed by atoms with Crippen molar-refractivity contribution in [2.75, 3.05) is 7.11 Å². The van der Waals surface area contributed by atoms with E-state index in [1.54, 1.807) is 13.3 Å². The molecule has 0 aliphatic rings. The fourth-order valence-electron chi connectivity index (χ4n) is 2.19. The summed E-state index contributed by atoms with van der Waals surface area (Å²) in [6.45, 7) is 6.31. The van der Waals surface area contributed by atoms with E-state index in [0.717, 1.165) is 22.2 Å². The van der Waals surface area contributed by atoms with Gasteiger partial charge in [0.2, 0.25) is 0 Å². The Morgan fingerprint density at radius 1 is 1.28 bits per heavy atom. The molecule has 2 rings (SSSR count). The average molecular weight is 240 g/mol. The molecule has 18 heavy (non-hydrogen) atoms. The molecule has 2 aromatic rings. The molecule has 0 aliphatic heterocycles. The lowest BCUT2D eigenvalue weighted by molar-refractivity contribution is 0.415. The molecule has 3 nitrogen and oxygen atoms in total. The maximum atomic E-state index is 9.23. The molecule has 1 aromatic heterocycles. The summed E-state index contributed by atoms with van der Waals surface area (Å²) in [6, 6.07) is 8.00. The largest absolute Gasteiger partial charge is 0.497 e. The Bertz CT molecular complexity index is 633. The van der Waals surface area contributed by atoms with Crippen LogP contribution in [0.4, 0.5) is 0 Å². The molecule has 0 fully saturated rings. The van der Waals surface area contributed by atoms with Crippen molar-refractivity contribution in [3.63, 3.8) is 0 Å². The summed E-state index contributed by atoms with van der Waals surface area (Å²) in [5.74, 6) is 0.777. The van der Waals surface area contributed by atoms with E-state index in [2.05, 4.69) is 31.8 Å². The number of pyridine rings is 1. The molecule has 3 heteroatoms. The highest BCUT2D eigenvalue weighted by Crippen LogP contribution is 2.33. The van der Waals surface area contributed by atoms with Gasteiger partial charge in [-0.05, 0) is 23.1 Å². The summed E-state index contributed by atoms with van der Waals surface area (Å²) in [5, 5.41) is 10.2.